The maximum Gasteiger partial charge on any atom is 0.315 e. The summed E-state index contributed by atoms with van der Waals surface area (Å²) in [6.07, 6.45) is 1.40. The van der Waals surface area contributed by atoms with Crippen LogP contribution in [-0.2, 0) is 10.0 Å². The van der Waals surface area contributed by atoms with E-state index < -0.39 is 10.0 Å². The van der Waals surface area contributed by atoms with Gasteiger partial charge in [0, 0.05) is 26.1 Å². The van der Waals surface area contributed by atoms with E-state index in [2.05, 4.69) is 15.5 Å². The highest BCUT2D eigenvalue weighted by molar-refractivity contribution is 7.89. The summed E-state index contributed by atoms with van der Waals surface area (Å²) in [4.78, 5) is 0.349. The molecule has 7 nitrogen and oxygen atoms in total. The van der Waals surface area contributed by atoms with E-state index in [1.165, 1.54) is 4.31 Å². The van der Waals surface area contributed by atoms with E-state index in [1.54, 1.807) is 19.1 Å². The first-order valence-electron chi connectivity index (χ1n) is 7.58. The van der Waals surface area contributed by atoms with Crippen LogP contribution < -0.4 is 5.32 Å². The van der Waals surface area contributed by atoms with E-state index in [1.807, 2.05) is 19.1 Å². The zero-order valence-electron chi connectivity index (χ0n) is 13.2. The van der Waals surface area contributed by atoms with Crippen LogP contribution in [0.4, 0.5) is 6.01 Å². The van der Waals surface area contributed by atoms with Gasteiger partial charge in [0.25, 0.3) is 0 Å². The molecule has 2 aromatic rings. The lowest BCUT2D eigenvalue weighted by Crippen LogP contribution is -2.42. The first-order chi connectivity index (χ1) is 10.9. The zero-order valence-corrected chi connectivity index (χ0v) is 14.0. The number of rotatable bonds is 4. The molecule has 1 aromatic heterocycles. The zero-order chi connectivity index (χ0) is 16.4. The van der Waals surface area contributed by atoms with Crippen LogP contribution in [0.5, 0.6) is 0 Å². The number of nitrogens with one attached hydrogen (secondary N) is 1. The van der Waals surface area contributed by atoms with E-state index in [0.29, 0.717) is 42.7 Å². The lowest BCUT2D eigenvalue weighted by Gasteiger charge is -2.31. The first-order valence-corrected chi connectivity index (χ1v) is 9.02. The second kappa shape index (κ2) is 6.29. The van der Waals surface area contributed by atoms with Crippen molar-refractivity contribution in [2.24, 2.45) is 0 Å². The third kappa shape index (κ3) is 3.53. The van der Waals surface area contributed by atoms with Crippen molar-refractivity contribution in [2.45, 2.75) is 37.6 Å². The number of nitrogens with zero attached hydrogens (tertiary/aromatic N) is 3. The second-order valence-corrected chi connectivity index (χ2v) is 7.70. The number of benzene rings is 1. The minimum Gasteiger partial charge on any atom is -0.408 e. The van der Waals surface area contributed by atoms with Gasteiger partial charge in [0.05, 0.1) is 4.90 Å². The largest absolute Gasteiger partial charge is 0.408 e. The molecule has 0 bridgehead atoms. The molecule has 0 saturated carbocycles. The standard InChI is InChI=1S/C15H20N4O3S/c1-11-3-5-14(6-4-11)23(20,21)19-9-7-13(8-10-19)16-15-18-17-12(2)22-15/h3-6,13H,7-10H2,1-2H3,(H,16,18). The predicted octanol–water partition coefficient (Wildman–Crippen LogP) is 1.95. The summed E-state index contributed by atoms with van der Waals surface area (Å²) in [7, 11) is -3.42. The highest BCUT2D eigenvalue weighted by Crippen LogP contribution is 2.22. The number of piperidine rings is 1. The summed E-state index contributed by atoms with van der Waals surface area (Å²) >= 11 is 0. The van der Waals surface area contributed by atoms with Crippen LogP contribution in [0.25, 0.3) is 0 Å². The van der Waals surface area contributed by atoms with Crippen LogP contribution in [0.3, 0.4) is 0 Å². The monoisotopic (exact) mass is 336 g/mol. The third-order valence-electron chi connectivity index (χ3n) is 3.97. The summed E-state index contributed by atoms with van der Waals surface area (Å²) in [5.74, 6) is 0.506. The second-order valence-electron chi connectivity index (χ2n) is 5.76. The fourth-order valence-corrected chi connectivity index (χ4v) is 4.10. The summed E-state index contributed by atoms with van der Waals surface area (Å²) in [5.41, 5.74) is 1.04. The molecule has 1 aromatic carbocycles. The average Bonchev–Trinajstić information content (AvgIpc) is 2.93. The van der Waals surface area contributed by atoms with Gasteiger partial charge < -0.3 is 9.73 Å². The van der Waals surface area contributed by atoms with E-state index in [0.717, 1.165) is 5.56 Å². The van der Waals surface area contributed by atoms with E-state index in [4.69, 9.17) is 4.42 Å². The van der Waals surface area contributed by atoms with Crippen molar-refractivity contribution in [1.82, 2.24) is 14.5 Å². The Balaban J connectivity index is 1.62. The molecular weight excluding hydrogens is 316 g/mol. The lowest BCUT2D eigenvalue weighted by molar-refractivity contribution is 0.326. The normalized spacial score (nSPS) is 17.3. The Hall–Kier alpha value is -1.93. The van der Waals surface area contributed by atoms with Crippen LogP contribution in [0, 0.1) is 13.8 Å². The molecule has 1 N–H and O–H groups in total. The maximum absolute atomic E-state index is 12.6. The van der Waals surface area contributed by atoms with Gasteiger partial charge >= 0.3 is 6.01 Å². The molecule has 0 atom stereocenters. The highest BCUT2D eigenvalue weighted by Gasteiger charge is 2.29. The molecule has 3 rings (SSSR count). The number of sulfonamides is 1. The minimum atomic E-state index is -3.42. The molecule has 0 radical (unpaired) electrons. The van der Waals surface area contributed by atoms with E-state index in [9.17, 15) is 8.42 Å². The molecule has 1 saturated heterocycles. The minimum absolute atomic E-state index is 0.138. The van der Waals surface area contributed by atoms with Gasteiger partial charge in [-0.3, -0.25) is 0 Å². The summed E-state index contributed by atoms with van der Waals surface area (Å²) in [6, 6.07) is 7.49. The number of hydrogen-bond acceptors (Lipinski definition) is 6. The summed E-state index contributed by atoms with van der Waals surface area (Å²) in [5, 5.41) is 10.8. The molecule has 0 amide bonds. The topological polar surface area (TPSA) is 88.3 Å². The van der Waals surface area contributed by atoms with Crippen LogP contribution >= 0.6 is 0 Å². The van der Waals surface area contributed by atoms with Gasteiger partial charge in [-0.25, -0.2) is 8.42 Å². The van der Waals surface area contributed by atoms with Crippen LogP contribution in [-0.4, -0.2) is 42.1 Å². The fraction of sp³-hybridized carbons (Fsp3) is 0.467. The van der Waals surface area contributed by atoms with Gasteiger partial charge in [0.15, 0.2) is 0 Å². The Kier molecular flexibility index (Phi) is 4.36. The number of anilines is 1. The summed E-state index contributed by atoms with van der Waals surface area (Å²) < 4.78 is 32.1. The first kappa shape index (κ1) is 15.9. The molecule has 8 heteroatoms. The molecule has 0 unspecified atom stereocenters. The smallest absolute Gasteiger partial charge is 0.315 e. The van der Waals surface area contributed by atoms with Crippen LogP contribution in [0.2, 0.25) is 0 Å². The number of aromatic nitrogens is 2. The maximum atomic E-state index is 12.6. The third-order valence-corrected chi connectivity index (χ3v) is 5.88. The quantitative estimate of drug-likeness (QED) is 0.918. The van der Waals surface area contributed by atoms with Gasteiger partial charge in [-0.05, 0) is 31.9 Å². The number of aryl methyl sites for hydroxylation is 2. The predicted molar refractivity (Wildman–Crippen MR) is 85.6 cm³/mol. The molecule has 0 spiro atoms. The molecule has 1 aliphatic heterocycles. The van der Waals surface area contributed by atoms with Crippen LogP contribution in [0.1, 0.15) is 24.3 Å². The molecule has 0 aliphatic carbocycles. The van der Waals surface area contributed by atoms with Crippen molar-refractivity contribution in [3.63, 3.8) is 0 Å². The van der Waals surface area contributed by atoms with Crippen molar-refractivity contribution in [2.75, 3.05) is 18.4 Å². The van der Waals surface area contributed by atoms with Gasteiger partial charge in [-0.1, -0.05) is 22.8 Å². The van der Waals surface area contributed by atoms with E-state index >= 15 is 0 Å². The van der Waals surface area contributed by atoms with Crippen molar-refractivity contribution >= 4 is 16.0 Å². The van der Waals surface area contributed by atoms with Gasteiger partial charge in [0.1, 0.15) is 0 Å². The van der Waals surface area contributed by atoms with Crippen molar-refractivity contribution in [1.29, 1.82) is 0 Å². The van der Waals surface area contributed by atoms with Gasteiger partial charge in [-0.15, -0.1) is 5.10 Å². The average molecular weight is 336 g/mol. The van der Waals surface area contributed by atoms with Gasteiger partial charge in [0.2, 0.25) is 15.9 Å². The Morgan fingerprint density at radius 2 is 1.78 bits per heavy atom. The lowest BCUT2D eigenvalue weighted by atomic mass is 10.1. The SMILES string of the molecule is Cc1ccc(S(=O)(=O)N2CCC(Nc3nnc(C)o3)CC2)cc1. The Morgan fingerprint density at radius 3 is 2.35 bits per heavy atom. The molecule has 23 heavy (non-hydrogen) atoms. The highest BCUT2D eigenvalue weighted by atomic mass is 32.2. The Labute approximate surface area is 135 Å². The van der Waals surface area contributed by atoms with Crippen molar-refractivity contribution in [3.05, 3.63) is 35.7 Å². The molecule has 1 aliphatic rings. The van der Waals surface area contributed by atoms with E-state index in [-0.39, 0.29) is 6.04 Å². The molecule has 1 fully saturated rings. The van der Waals surface area contributed by atoms with Crippen molar-refractivity contribution in [3.8, 4) is 0 Å². The van der Waals surface area contributed by atoms with Crippen LogP contribution in [0.15, 0.2) is 33.6 Å². The summed E-state index contributed by atoms with van der Waals surface area (Å²) in [6.45, 7) is 4.61. The molecule has 124 valence electrons. The molecule has 2 heterocycles. The Morgan fingerprint density at radius 1 is 1.13 bits per heavy atom. The van der Waals surface area contributed by atoms with Crippen molar-refractivity contribution < 1.29 is 12.8 Å². The van der Waals surface area contributed by atoms with Gasteiger partial charge in [-0.2, -0.15) is 4.31 Å². The number of hydrogen-bond donors (Lipinski definition) is 1. The molecular formula is C15H20N4O3S. The Bertz CT molecular complexity index is 762. The fourth-order valence-electron chi connectivity index (χ4n) is 2.63.